The first-order chi connectivity index (χ1) is 6.61. The molecule has 14 heavy (non-hydrogen) atoms. The maximum atomic E-state index is 5.78. The third-order valence-corrected chi connectivity index (χ3v) is 1.95. The molecule has 0 saturated carbocycles. The van der Waals surface area contributed by atoms with Gasteiger partial charge in [0.2, 0.25) is 0 Å². The summed E-state index contributed by atoms with van der Waals surface area (Å²) >= 11 is 0. The minimum Gasteiger partial charge on any atom is -0.351 e. The van der Waals surface area contributed by atoms with Gasteiger partial charge < -0.3 is 10.6 Å². The van der Waals surface area contributed by atoms with E-state index in [9.17, 15) is 0 Å². The van der Waals surface area contributed by atoms with Crippen molar-refractivity contribution in [3.05, 3.63) is 18.6 Å². The second-order valence-corrected chi connectivity index (χ2v) is 3.79. The SMILES string of the molecule is CC(N)CN(c1cnccn1)C(C)C. The molecule has 1 aromatic rings. The number of aromatic nitrogens is 2. The van der Waals surface area contributed by atoms with Gasteiger partial charge in [-0.3, -0.25) is 4.98 Å². The van der Waals surface area contributed by atoms with Crippen molar-refractivity contribution in [3.8, 4) is 0 Å². The van der Waals surface area contributed by atoms with E-state index < -0.39 is 0 Å². The highest BCUT2D eigenvalue weighted by Gasteiger charge is 2.12. The van der Waals surface area contributed by atoms with E-state index in [1.165, 1.54) is 0 Å². The molecule has 0 saturated heterocycles. The summed E-state index contributed by atoms with van der Waals surface area (Å²) in [5, 5.41) is 0. The lowest BCUT2D eigenvalue weighted by Gasteiger charge is -2.28. The molecule has 1 atom stereocenters. The van der Waals surface area contributed by atoms with Crippen molar-refractivity contribution in [2.45, 2.75) is 32.9 Å². The highest BCUT2D eigenvalue weighted by atomic mass is 15.2. The summed E-state index contributed by atoms with van der Waals surface area (Å²) in [4.78, 5) is 10.5. The molecule has 78 valence electrons. The second-order valence-electron chi connectivity index (χ2n) is 3.79. The first kappa shape index (κ1) is 10.9. The molecular formula is C10H18N4. The molecule has 4 nitrogen and oxygen atoms in total. The third-order valence-electron chi connectivity index (χ3n) is 1.95. The maximum absolute atomic E-state index is 5.78. The highest BCUT2D eigenvalue weighted by Crippen LogP contribution is 2.11. The van der Waals surface area contributed by atoms with Crippen molar-refractivity contribution in [1.82, 2.24) is 9.97 Å². The first-order valence-electron chi connectivity index (χ1n) is 4.89. The summed E-state index contributed by atoms with van der Waals surface area (Å²) in [7, 11) is 0. The average Bonchev–Trinajstić information content (AvgIpc) is 2.15. The number of hydrogen-bond donors (Lipinski definition) is 1. The highest BCUT2D eigenvalue weighted by molar-refractivity contribution is 5.36. The molecule has 0 aliphatic rings. The van der Waals surface area contributed by atoms with Crippen LogP contribution in [0.15, 0.2) is 18.6 Å². The van der Waals surface area contributed by atoms with Gasteiger partial charge in [-0.25, -0.2) is 4.98 Å². The molecule has 0 aromatic carbocycles. The van der Waals surface area contributed by atoms with Crippen LogP contribution in [0, 0.1) is 0 Å². The van der Waals surface area contributed by atoms with Crippen molar-refractivity contribution in [1.29, 1.82) is 0 Å². The molecule has 0 fully saturated rings. The monoisotopic (exact) mass is 194 g/mol. The summed E-state index contributed by atoms with van der Waals surface area (Å²) in [6.07, 6.45) is 5.14. The quantitative estimate of drug-likeness (QED) is 0.778. The lowest BCUT2D eigenvalue weighted by molar-refractivity contribution is 0.612. The van der Waals surface area contributed by atoms with Gasteiger partial charge in [0, 0.05) is 31.0 Å². The van der Waals surface area contributed by atoms with Gasteiger partial charge in [0.15, 0.2) is 0 Å². The Kier molecular flexibility index (Phi) is 3.83. The lowest BCUT2D eigenvalue weighted by Crippen LogP contribution is -2.40. The zero-order valence-corrected chi connectivity index (χ0v) is 9.01. The van der Waals surface area contributed by atoms with E-state index in [0.717, 1.165) is 12.4 Å². The lowest BCUT2D eigenvalue weighted by atomic mass is 10.2. The molecule has 1 rings (SSSR count). The van der Waals surface area contributed by atoms with Gasteiger partial charge >= 0.3 is 0 Å². The van der Waals surface area contributed by atoms with Crippen LogP contribution in [-0.4, -0.2) is 28.6 Å². The van der Waals surface area contributed by atoms with Gasteiger partial charge in [-0.15, -0.1) is 0 Å². The topological polar surface area (TPSA) is 55.0 Å². The molecule has 2 N–H and O–H groups in total. The standard InChI is InChI=1S/C10H18N4/c1-8(2)14(7-9(3)11)10-6-12-4-5-13-10/h4-6,8-9H,7,11H2,1-3H3. The molecule has 0 spiro atoms. The molecule has 1 unspecified atom stereocenters. The fourth-order valence-corrected chi connectivity index (χ4v) is 1.32. The maximum Gasteiger partial charge on any atom is 0.147 e. The minimum absolute atomic E-state index is 0.138. The summed E-state index contributed by atoms with van der Waals surface area (Å²) < 4.78 is 0. The average molecular weight is 194 g/mol. The van der Waals surface area contributed by atoms with E-state index in [4.69, 9.17) is 5.73 Å². The zero-order chi connectivity index (χ0) is 10.6. The van der Waals surface area contributed by atoms with Crippen LogP contribution in [0.4, 0.5) is 5.82 Å². The van der Waals surface area contributed by atoms with E-state index >= 15 is 0 Å². The van der Waals surface area contributed by atoms with Gasteiger partial charge in [0.25, 0.3) is 0 Å². The second kappa shape index (κ2) is 4.91. The number of nitrogens with two attached hydrogens (primary N) is 1. The van der Waals surface area contributed by atoms with Crippen LogP contribution in [0.25, 0.3) is 0 Å². The van der Waals surface area contributed by atoms with Crippen LogP contribution in [-0.2, 0) is 0 Å². The normalized spacial score (nSPS) is 12.9. The van der Waals surface area contributed by atoms with Gasteiger partial charge in [-0.05, 0) is 20.8 Å². The van der Waals surface area contributed by atoms with Gasteiger partial charge in [0.05, 0.1) is 6.20 Å². The summed E-state index contributed by atoms with van der Waals surface area (Å²) in [6.45, 7) is 7.04. The van der Waals surface area contributed by atoms with E-state index in [-0.39, 0.29) is 6.04 Å². The Hall–Kier alpha value is -1.16. The number of nitrogens with zero attached hydrogens (tertiary/aromatic N) is 3. The fourth-order valence-electron chi connectivity index (χ4n) is 1.32. The summed E-state index contributed by atoms with van der Waals surface area (Å²) in [6, 6.07) is 0.525. The predicted octanol–water partition coefficient (Wildman–Crippen LogP) is 1.04. The Labute approximate surface area is 85.2 Å². The van der Waals surface area contributed by atoms with Gasteiger partial charge in [0.1, 0.15) is 5.82 Å². The number of rotatable bonds is 4. The van der Waals surface area contributed by atoms with Crippen LogP contribution in [0.5, 0.6) is 0 Å². The number of hydrogen-bond acceptors (Lipinski definition) is 4. The van der Waals surface area contributed by atoms with Crippen molar-refractivity contribution in [2.24, 2.45) is 5.73 Å². The molecule has 0 amide bonds. The zero-order valence-electron chi connectivity index (χ0n) is 9.01. The molecule has 0 radical (unpaired) electrons. The minimum atomic E-state index is 0.138. The van der Waals surface area contributed by atoms with Crippen LogP contribution < -0.4 is 10.6 Å². The summed E-state index contributed by atoms with van der Waals surface area (Å²) in [5.74, 6) is 0.889. The molecule has 1 heterocycles. The van der Waals surface area contributed by atoms with Crippen LogP contribution >= 0.6 is 0 Å². The predicted molar refractivity (Wildman–Crippen MR) is 58.2 cm³/mol. The smallest absolute Gasteiger partial charge is 0.147 e. The first-order valence-corrected chi connectivity index (χ1v) is 4.89. The summed E-state index contributed by atoms with van der Waals surface area (Å²) in [5.41, 5.74) is 5.78. The Morgan fingerprint density at radius 2 is 2.07 bits per heavy atom. The van der Waals surface area contributed by atoms with E-state index in [1.54, 1.807) is 18.6 Å². The Bertz CT molecular complexity index is 258. The Morgan fingerprint density at radius 3 is 2.50 bits per heavy atom. The molecule has 0 bridgehead atoms. The molecule has 0 aliphatic carbocycles. The van der Waals surface area contributed by atoms with Crippen molar-refractivity contribution in [2.75, 3.05) is 11.4 Å². The van der Waals surface area contributed by atoms with Crippen LogP contribution in [0.3, 0.4) is 0 Å². The van der Waals surface area contributed by atoms with Crippen molar-refractivity contribution >= 4 is 5.82 Å². The fraction of sp³-hybridized carbons (Fsp3) is 0.600. The van der Waals surface area contributed by atoms with Gasteiger partial charge in [-0.2, -0.15) is 0 Å². The largest absolute Gasteiger partial charge is 0.351 e. The van der Waals surface area contributed by atoms with Crippen LogP contribution in [0.1, 0.15) is 20.8 Å². The van der Waals surface area contributed by atoms with Crippen molar-refractivity contribution in [3.63, 3.8) is 0 Å². The molecule has 1 aromatic heterocycles. The Morgan fingerprint density at radius 1 is 1.36 bits per heavy atom. The number of anilines is 1. The van der Waals surface area contributed by atoms with E-state index in [2.05, 4.69) is 28.7 Å². The third kappa shape index (κ3) is 2.96. The van der Waals surface area contributed by atoms with Gasteiger partial charge in [-0.1, -0.05) is 0 Å². The molecule has 0 aliphatic heterocycles. The Balaban J connectivity index is 2.78. The van der Waals surface area contributed by atoms with E-state index in [0.29, 0.717) is 6.04 Å². The van der Waals surface area contributed by atoms with Crippen molar-refractivity contribution < 1.29 is 0 Å². The van der Waals surface area contributed by atoms with Crippen LogP contribution in [0.2, 0.25) is 0 Å². The van der Waals surface area contributed by atoms with E-state index in [1.807, 2.05) is 6.92 Å². The molecular weight excluding hydrogens is 176 g/mol. The molecule has 4 heteroatoms.